The molecule has 2 aromatic rings. The van der Waals surface area contributed by atoms with E-state index in [9.17, 15) is 23.3 Å². The fraction of sp³-hybridized carbons (Fsp3) is 0.409. The van der Waals surface area contributed by atoms with Crippen LogP contribution < -0.4 is 4.31 Å². The van der Waals surface area contributed by atoms with Gasteiger partial charge in [-0.15, -0.1) is 0 Å². The first-order valence-electron chi connectivity index (χ1n) is 10.2. The number of hydrogen-bond donors (Lipinski definition) is 0. The fourth-order valence-electron chi connectivity index (χ4n) is 3.77. The lowest BCUT2D eigenvalue weighted by atomic mass is 9.98. The second kappa shape index (κ2) is 8.66. The van der Waals surface area contributed by atoms with Crippen molar-refractivity contribution in [2.24, 2.45) is 0 Å². The molecule has 0 radical (unpaired) electrons. The highest BCUT2D eigenvalue weighted by Gasteiger charge is 2.29. The highest BCUT2D eigenvalue weighted by atomic mass is 32.2. The van der Waals surface area contributed by atoms with E-state index in [0.29, 0.717) is 24.2 Å². The van der Waals surface area contributed by atoms with Crippen LogP contribution in [0.5, 0.6) is 0 Å². The highest BCUT2D eigenvalue weighted by Crippen LogP contribution is 2.30. The molecule has 166 valence electrons. The maximum absolute atomic E-state index is 13.0. The molecule has 9 heteroatoms. The van der Waals surface area contributed by atoms with Gasteiger partial charge in [0.05, 0.1) is 22.4 Å². The molecule has 1 unspecified atom stereocenters. The topological polar surface area (TPSA) is 101 Å². The molecule has 31 heavy (non-hydrogen) atoms. The SMILES string of the molecule is CC(C)c1ccc(C(=O)N(C)C(C)c2ccc(N3CCCS3(=O)=O)cc2)cc1[N+](=O)[O-]. The standard InChI is InChI=1S/C22H27N3O5S/c1-15(2)20-11-8-18(14-21(20)25(27)28)22(26)23(4)16(3)17-6-9-19(10-7-17)24-12-5-13-31(24,29)30/h6-11,14-16H,5,12-13H2,1-4H3. The zero-order valence-corrected chi connectivity index (χ0v) is 18.9. The van der Waals surface area contributed by atoms with Crippen molar-refractivity contribution in [1.29, 1.82) is 0 Å². The largest absolute Gasteiger partial charge is 0.335 e. The number of rotatable bonds is 6. The van der Waals surface area contributed by atoms with Crippen LogP contribution in [0.25, 0.3) is 0 Å². The van der Waals surface area contributed by atoms with Crippen LogP contribution in [-0.2, 0) is 10.0 Å². The number of carbonyl (C=O) groups is 1. The van der Waals surface area contributed by atoms with Gasteiger partial charge in [0.25, 0.3) is 11.6 Å². The average molecular weight is 446 g/mol. The normalized spacial score (nSPS) is 16.4. The molecular weight excluding hydrogens is 418 g/mol. The van der Waals surface area contributed by atoms with E-state index in [1.54, 1.807) is 31.3 Å². The van der Waals surface area contributed by atoms with E-state index in [1.807, 2.05) is 32.9 Å². The molecular formula is C22H27N3O5S. The number of benzene rings is 2. The lowest BCUT2D eigenvalue weighted by Gasteiger charge is -2.26. The summed E-state index contributed by atoms with van der Waals surface area (Å²) in [5, 5.41) is 11.4. The summed E-state index contributed by atoms with van der Waals surface area (Å²) in [6, 6.07) is 11.4. The summed E-state index contributed by atoms with van der Waals surface area (Å²) >= 11 is 0. The van der Waals surface area contributed by atoms with Crippen LogP contribution in [-0.4, -0.2) is 43.5 Å². The van der Waals surface area contributed by atoms with Crippen molar-refractivity contribution in [2.45, 2.75) is 39.2 Å². The molecule has 1 amide bonds. The van der Waals surface area contributed by atoms with Gasteiger partial charge in [-0.25, -0.2) is 8.42 Å². The second-order valence-corrected chi connectivity index (χ2v) is 10.1. The minimum atomic E-state index is -3.25. The summed E-state index contributed by atoms with van der Waals surface area (Å²) in [5.41, 5.74) is 2.24. The van der Waals surface area contributed by atoms with Gasteiger partial charge in [0.2, 0.25) is 10.0 Å². The quantitative estimate of drug-likeness (QED) is 0.492. The average Bonchev–Trinajstić information content (AvgIpc) is 3.10. The summed E-state index contributed by atoms with van der Waals surface area (Å²) < 4.78 is 25.6. The minimum Gasteiger partial charge on any atom is -0.335 e. The number of hydrogen-bond acceptors (Lipinski definition) is 5. The number of carbonyl (C=O) groups excluding carboxylic acids is 1. The van der Waals surface area contributed by atoms with Crippen LogP contribution in [0.1, 0.15) is 60.6 Å². The molecule has 1 atom stereocenters. The molecule has 1 saturated heterocycles. The molecule has 1 aliphatic rings. The molecule has 3 rings (SSSR count). The molecule has 1 aliphatic heterocycles. The Bertz CT molecular complexity index is 1100. The van der Waals surface area contributed by atoms with Gasteiger partial charge >= 0.3 is 0 Å². The third-order valence-corrected chi connectivity index (χ3v) is 7.63. The van der Waals surface area contributed by atoms with Gasteiger partial charge in [-0.2, -0.15) is 0 Å². The van der Waals surface area contributed by atoms with Gasteiger partial charge in [0.1, 0.15) is 0 Å². The molecule has 0 N–H and O–H groups in total. The molecule has 1 heterocycles. The van der Waals surface area contributed by atoms with Crippen molar-refractivity contribution in [3.63, 3.8) is 0 Å². The van der Waals surface area contributed by atoms with Gasteiger partial charge in [-0.1, -0.05) is 32.0 Å². The van der Waals surface area contributed by atoms with E-state index in [2.05, 4.69) is 0 Å². The Balaban J connectivity index is 1.81. The van der Waals surface area contributed by atoms with E-state index in [4.69, 9.17) is 0 Å². The summed E-state index contributed by atoms with van der Waals surface area (Å²) in [6.45, 7) is 6.07. The van der Waals surface area contributed by atoms with Crippen LogP contribution in [0.3, 0.4) is 0 Å². The van der Waals surface area contributed by atoms with Crippen molar-refractivity contribution in [2.75, 3.05) is 23.7 Å². The molecule has 8 nitrogen and oxygen atoms in total. The monoisotopic (exact) mass is 445 g/mol. The fourth-order valence-corrected chi connectivity index (χ4v) is 5.34. The predicted octanol–water partition coefficient (Wildman–Crippen LogP) is 4.09. The van der Waals surface area contributed by atoms with Crippen molar-refractivity contribution in [1.82, 2.24) is 4.90 Å². The van der Waals surface area contributed by atoms with Gasteiger partial charge in [0.15, 0.2) is 0 Å². The number of nitro benzene ring substituents is 1. The highest BCUT2D eigenvalue weighted by molar-refractivity contribution is 7.93. The van der Waals surface area contributed by atoms with Crippen molar-refractivity contribution >= 4 is 27.3 Å². The Labute approximate surface area is 182 Å². The Morgan fingerprint density at radius 2 is 1.77 bits per heavy atom. The zero-order chi connectivity index (χ0) is 22.9. The molecule has 0 bridgehead atoms. The maximum Gasteiger partial charge on any atom is 0.273 e. The van der Waals surface area contributed by atoms with E-state index >= 15 is 0 Å². The molecule has 0 aromatic heterocycles. The second-order valence-electron chi connectivity index (χ2n) is 8.11. The van der Waals surface area contributed by atoms with E-state index in [1.165, 1.54) is 15.3 Å². The molecule has 0 saturated carbocycles. The minimum absolute atomic E-state index is 0.0286. The smallest absolute Gasteiger partial charge is 0.273 e. The summed E-state index contributed by atoms with van der Waals surface area (Å²) in [7, 11) is -1.60. The maximum atomic E-state index is 13.0. The van der Waals surface area contributed by atoms with Crippen LogP contribution in [0.4, 0.5) is 11.4 Å². The van der Waals surface area contributed by atoms with Gasteiger partial charge in [0, 0.05) is 30.8 Å². The van der Waals surface area contributed by atoms with Crippen molar-refractivity contribution in [3.8, 4) is 0 Å². The number of amides is 1. The van der Waals surface area contributed by atoms with E-state index < -0.39 is 14.9 Å². The van der Waals surface area contributed by atoms with E-state index in [-0.39, 0.29) is 34.9 Å². The first-order valence-corrected chi connectivity index (χ1v) is 11.8. The lowest BCUT2D eigenvalue weighted by Crippen LogP contribution is -2.30. The van der Waals surface area contributed by atoms with Gasteiger partial charge in [-0.3, -0.25) is 19.2 Å². The van der Waals surface area contributed by atoms with Gasteiger partial charge in [-0.05, 0) is 43.0 Å². The van der Waals surface area contributed by atoms with Crippen LogP contribution >= 0.6 is 0 Å². The molecule has 0 spiro atoms. The first-order chi connectivity index (χ1) is 14.5. The third-order valence-electron chi connectivity index (χ3n) is 5.76. The molecule has 0 aliphatic carbocycles. The third kappa shape index (κ3) is 4.56. The first kappa shape index (κ1) is 22.7. The van der Waals surface area contributed by atoms with Gasteiger partial charge < -0.3 is 4.90 Å². The number of nitro groups is 1. The number of nitrogens with zero attached hydrogens (tertiary/aromatic N) is 3. The van der Waals surface area contributed by atoms with E-state index in [0.717, 1.165) is 5.56 Å². The Morgan fingerprint density at radius 3 is 2.29 bits per heavy atom. The Morgan fingerprint density at radius 1 is 1.13 bits per heavy atom. The van der Waals surface area contributed by atoms with Crippen LogP contribution in [0.2, 0.25) is 0 Å². The van der Waals surface area contributed by atoms with Crippen LogP contribution in [0, 0.1) is 10.1 Å². The number of sulfonamides is 1. The zero-order valence-electron chi connectivity index (χ0n) is 18.1. The van der Waals surface area contributed by atoms with Crippen molar-refractivity contribution < 1.29 is 18.1 Å². The summed E-state index contributed by atoms with van der Waals surface area (Å²) in [6.07, 6.45) is 0.611. The van der Waals surface area contributed by atoms with Crippen LogP contribution in [0.15, 0.2) is 42.5 Å². The molecule has 1 fully saturated rings. The van der Waals surface area contributed by atoms with Crippen molar-refractivity contribution in [3.05, 3.63) is 69.3 Å². The summed E-state index contributed by atoms with van der Waals surface area (Å²) in [5.74, 6) is -0.194. The summed E-state index contributed by atoms with van der Waals surface area (Å²) in [4.78, 5) is 25.5. The predicted molar refractivity (Wildman–Crippen MR) is 120 cm³/mol. The Hall–Kier alpha value is -2.94. The number of anilines is 1. The molecule has 2 aromatic carbocycles. The Kier molecular flexibility index (Phi) is 6.35. The lowest BCUT2D eigenvalue weighted by molar-refractivity contribution is -0.385.